The molecule has 0 aromatic heterocycles. The number of hydrogen-bond acceptors (Lipinski definition) is 4. The second-order valence-corrected chi connectivity index (χ2v) is 1.88. The molecule has 0 heterocycles. The molecule has 0 radical (unpaired) electrons. The number of aliphatic hydroxyl groups is 1. The normalized spacial score (nSPS) is 12.7. The minimum Gasteiger partial charge on any atom is -0.468 e. The average Bonchev–Trinajstić information content (AvgIpc) is 1.99. The zero-order chi connectivity index (χ0) is 7.98. The molecule has 10 heavy (non-hydrogen) atoms. The molecular weight excluding hydrogens is 134 g/mol. The van der Waals surface area contributed by atoms with Crippen molar-refractivity contribution in [3.05, 3.63) is 0 Å². The van der Waals surface area contributed by atoms with Crippen molar-refractivity contribution in [3.8, 4) is 0 Å². The number of nitrogens with one attached hydrogen (secondary N) is 1. The SMILES string of the molecule is CCC(O)NCC(=O)OC. The van der Waals surface area contributed by atoms with Gasteiger partial charge in [0, 0.05) is 0 Å². The standard InChI is InChI=1S/C6H13NO3/c1-3-5(8)7-4-6(9)10-2/h5,7-8H,3-4H2,1-2H3. The van der Waals surface area contributed by atoms with E-state index in [-0.39, 0.29) is 12.5 Å². The maximum absolute atomic E-state index is 10.4. The van der Waals surface area contributed by atoms with E-state index in [0.29, 0.717) is 6.42 Å². The van der Waals surface area contributed by atoms with E-state index in [0.717, 1.165) is 0 Å². The van der Waals surface area contributed by atoms with Crippen LogP contribution in [0.1, 0.15) is 13.3 Å². The van der Waals surface area contributed by atoms with Gasteiger partial charge in [-0.05, 0) is 6.42 Å². The maximum atomic E-state index is 10.4. The lowest BCUT2D eigenvalue weighted by molar-refractivity contribution is -0.140. The molecule has 1 unspecified atom stereocenters. The van der Waals surface area contributed by atoms with Crippen LogP contribution in [0.2, 0.25) is 0 Å². The van der Waals surface area contributed by atoms with Crippen LogP contribution in [0.4, 0.5) is 0 Å². The molecule has 0 bridgehead atoms. The van der Waals surface area contributed by atoms with E-state index in [2.05, 4.69) is 10.1 Å². The van der Waals surface area contributed by atoms with Crippen LogP contribution in [0.5, 0.6) is 0 Å². The summed E-state index contributed by atoms with van der Waals surface area (Å²) in [6.45, 7) is 1.88. The number of hydrogen-bond donors (Lipinski definition) is 2. The van der Waals surface area contributed by atoms with E-state index in [1.54, 1.807) is 0 Å². The van der Waals surface area contributed by atoms with Gasteiger partial charge in [0.1, 0.15) is 6.23 Å². The van der Waals surface area contributed by atoms with Crippen molar-refractivity contribution in [2.24, 2.45) is 0 Å². The molecule has 0 aromatic rings. The summed E-state index contributed by atoms with van der Waals surface area (Å²) in [6.07, 6.45) is -0.0316. The van der Waals surface area contributed by atoms with Gasteiger partial charge >= 0.3 is 5.97 Å². The van der Waals surface area contributed by atoms with Crippen LogP contribution in [0.25, 0.3) is 0 Å². The summed E-state index contributed by atoms with van der Waals surface area (Å²) < 4.78 is 4.33. The lowest BCUT2D eigenvalue weighted by Gasteiger charge is -2.07. The Morgan fingerprint density at radius 1 is 1.80 bits per heavy atom. The lowest BCUT2D eigenvalue weighted by Crippen LogP contribution is -2.33. The van der Waals surface area contributed by atoms with E-state index >= 15 is 0 Å². The molecule has 0 aliphatic carbocycles. The van der Waals surface area contributed by atoms with Crippen LogP contribution < -0.4 is 5.32 Å². The number of ether oxygens (including phenoxy) is 1. The van der Waals surface area contributed by atoms with Gasteiger partial charge in [0.2, 0.25) is 0 Å². The molecule has 1 atom stereocenters. The van der Waals surface area contributed by atoms with Crippen molar-refractivity contribution in [2.75, 3.05) is 13.7 Å². The highest BCUT2D eigenvalue weighted by molar-refractivity contribution is 5.71. The third kappa shape index (κ3) is 4.29. The van der Waals surface area contributed by atoms with Crippen molar-refractivity contribution >= 4 is 5.97 Å². The first-order valence-electron chi connectivity index (χ1n) is 3.19. The van der Waals surface area contributed by atoms with E-state index < -0.39 is 6.23 Å². The fourth-order valence-corrected chi connectivity index (χ4v) is 0.418. The molecular formula is C6H13NO3. The Kier molecular flexibility index (Phi) is 4.88. The van der Waals surface area contributed by atoms with E-state index in [1.165, 1.54) is 7.11 Å². The maximum Gasteiger partial charge on any atom is 0.319 e. The summed E-state index contributed by atoms with van der Waals surface area (Å²) in [6, 6.07) is 0. The molecule has 0 saturated heterocycles. The van der Waals surface area contributed by atoms with Gasteiger partial charge in [-0.15, -0.1) is 0 Å². The molecule has 0 rings (SSSR count). The number of esters is 1. The lowest BCUT2D eigenvalue weighted by atomic mass is 10.4. The quantitative estimate of drug-likeness (QED) is 0.415. The fraction of sp³-hybridized carbons (Fsp3) is 0.833. The molecule has 60 valence electrons. The number of methoxy groups -OCH3 is 1. The number of carbonyl (C=O) groups is 1. The van der Waals surface area contributed by atoms with Crippen molar-refractivity contribution < 1.29 is 14.6 Å². The molecule has 0 fully saturated rings. The molecule has 0 aliphatic heterocycles. The number of carbonyl (C=O) groups excluding carboxylic acids is 1. The van der Waals surface area contributed by atoms with Crippen LogP contribution in [0, 0.1) is 0 Å². The first-order valence-corrected chi connectivity index (χ1v) is 3.19. The van der Waals surface area contributed by atoms with Gasteiger partial charge in [0.25, 0.3) is 0 Å². The molecule has 0 saturated carbocycles. The molecule has 0 spiro atoms. The molecule has 0 aromatic carbocycles. The number of aliphatic hydroxyl groups excluding tert-OH is 1. The second-order valence-electron chi connectivity index (χ2n) is 1.88. The average molecular weight is 147 g/mol. The first kappa shape index (κ1) is 9.39. The van der Waals surface area contributed by atoms with E-state index in [1.807, 2.05) is 6.92 Å². The van der Waals surface area contributed by atoms with Crippen LogP contribution in [0.15, 0.2) is 0 Å². The molecule has 0 aliphatic rings. The summed E-state index contributed by atoms with van der Waals surface area (Å²) in [5.41, 5.74) is 0. The largest absolute Gasteiger partial charge is 0.468 e. The van der Waals surface area contributed by atoms with E-state index in [4.69, 9.17) is 5.11 Å². The van der Waals surface area contributed by atoms with Gasteiger partial charge in [-0.3, -0.25) is 10.1 Å². The molecule has 4 heteroatoms. The third-order valence-electron chi connectivity index (χ3n) is 1.10. The Balaban J connectivity index is 3.26. The Hall–Kier alpha value is -0.610. The van der Waals surface area contributed by atoms with Gasteiger partial charge in [0.05, 0.1) is 13.7 Å². The van der Waals surface area contributed by atoms with Crippen molar-refractivity contribution in [1.29, 1.82) is 0 Å². The Labute approximate surface area is 60.2 Å². The van der Waals surface area contributed by atoms with Crippen molar-refractivity contribution in [2.45, 2.75) is 19.6 Å². The zero-order valence-electron chi connectivity index (χ0n) is 6.26. The predicted octanol–water partition coefficient (Wildman–Crippen LogP) is -0.523. The van der Waals surface area contributed by atoms with Crippen LogP contribution in [-0.2, 0) is 9.53 Å². The molecule has 0 amide bonds. The highest BCUT2D eigenvalue weighted by atomic mass is 16.5. The highest BCUT2D eigenvalue weighted by Crippen LogP contribution is 1.82. The smallest absolute Gasteiger partial charge is 0.319 e. The first-order chi connectivity index (χ1) is 4.70. The van der Waals surface area contributed by atoms with Crippen molar-refractivity contribution in [1.82, 2.24) is 5.32 Å². The Morgan fingerprint density at radius 3 is 2.80 bits per heavy atom. The van der Waals surface area contributed by atoms with E-state index in [9.17, 15) is 4.79 Å². The Bertz CT molecular complexity index is 105. The monoisotopic (exact) mass is 147 g/mol. The van der Waals surface area contributed by atoms with Gasteiger partial charge in [0.15, 0.2) is 0 Å². The highest BCUT2D eigenvalue weighted by Gasteiger charge is 2.02. The molecule has 2 N–H and O–H groups in total. The summed E-state index contributed by atoms with van der Waals surface area (Å²) in [7, 11) is 1.31. The van der Waals surface area contributed by atoms with Gasteiger partial charge in [-0.25, -0.2) is 0 Å². The summed E-state index contributed by atoms with van der Waals surface area (Å²) in [5, 5.41) is 11.4. The minimum absolute atomic E-state index is 0.0610. The third-order valence-corrected chi connectivity index (χ3v) is 1.10. The summed E-state index contributed by atoms with van der Waals surface area (Å²) in [5.74, 6) is -0.368. The van der Waals surface area contributed by atoms with Crippen LogP contribution >= 0.6 is 0 Å². The van der Waals surface area contributed by atoms with Crippen molar-refractivity contribution in [3.63, 3.8) is 0 Å². The predicted molar refractivity (Wildman–Crippen MR) is 36.3 cm³/mol. The van der Waals surface area contributed by atoms with Crippen LogP contribution in [-0.4, -0.2) is 31.0 Å². The van der Waals surface area contributed by atoms with Gasteiger partial charge < -0.3 is 9.84 Å². The topological polar surface area (TPSA) is 58.6 Å². The summed E-state index contributed by atoms with van der Waals surface area (Å²) >= 11 is 0. The fourth-order valence-electron chi connectivity index (χ4n) is 0.418. The van der Waals surface area contributed by atoms with Gasteiger partial charge in [-0.1, -0.05) is 6.92 Å². The van der Waals surface area contributed by atoms with Crippen LogP contribution in [0.3, 0.4) is 0 Å². The summed E-state index contributed by atoms with van der Waals surface area (Å²) in [4.78, 5) is 10.4. The molecule has 4 nitrogen and oxygen atoms in total. The zero-order valence-corrected chi connectivity index (χ0v) is 6.26. The Morgan fingerprint density at radius 2 is 2.40 bits per heavy atom. The minimum atomic E-state index is -0.612. The number of rotatable bonds is 4. The second kappa shape index (κ2) is 5.20. The van der Waals surface area contributed by atoms with Gasteiger partial charge in [-0.2, -0.15) is 0 Å².